The molecule has 1 heterocycles. The lowest BCUT2D eigenvalue weighted by molar-refractivity contribution is -0.129. The molecule has 0 aliphatic carbocycles. The van der Waals surface area contributed by atoms with Crippen LogP contribution < -0.4 is 0 Å². The van der Waals surface area contributed by atoms with Crippen LogP contribution in [0.25, 0.3) is 0 Å². The summed E-state index contributed by atoms with van der Waals surface area (Å²) in [5, 5.41) is 10.1. The highest BCUT2D eigenvalue weighted by molar-refractivity contribution is 5.82. The molecule has 1 rings (SSSR count). The summed E-state index contributed by atoms with van der Waals surface area (Å²) in [6.07, 6.45) is 3.10. The quantitative estimate of drug-likeness (QED) is 0.471. The van der Waals surface area contributed by atoms with Crippen molar-refractivity contribution >= 4 is 12.1 Å². The van der Waals surface area contributed by atoms with E-state index < -0.39 is 0 Å². The molecule has 5 nitrogen and oxygen atoms in total. The summed E-state index contributed by atoms with van der Waals surface area (Å²) in [5.41, 5.74) is 6.54. The maximum absolute atomic E-state index is 11.2. The molecule has 0 aromatic rings. The second kappa shape index (κ2) is 3.94. The fraction of sp³-hybridized carbons (Fsp3) is 0.714. The second-order valence-electron chi connectivity index (χ2n) is 2.78. The van der Waals surface area contributed by atoms with E-state index in [1.54, 1.807) is 4.90 Å². The minimum atomic E-state index is -0.143. The molecular formula is C7H12N4O. The van der Waals surface area contributed by atoms with E-state index >= 15 is 0 Å². The van der Waals surface area contributed by atoms with Crippen molar-refractivity contribution in [1.82, 2.24) is 4.90 Å². The molecule has 1 aliphatic rings. The molecule has 0 aromatic heterocycles. The van der Waals surface area contributed by atoms with Gasteiger partial charge in [0.05, 0.1) is 6.04 Å². The molecule has 0 saturated carbocycles. The average molecular weight is 168 g/mol. The van der Waals surface area contributed by atoms with Crippen LogP contribution in [0.4, 0.5) is 0 Å². The lowest BCUT2D eigenvalue weighted by Crippen LogP contribution is -2.37. The Labute approximate surface area is 70.8 Å². The Kier molecular flexibility index (Phi) is 2.90. The Morgan fingerprint density at radius 2 is 2.50 bits per heavy atom. The third kappa shape index (κ3) is 1.66. The molecular weight excluding hydrogens is 156 g/mol. The van der Waals surface area contributed by atoms with E-state index in [-0.39, 0.29) is 18.5 Å². The summed E-state index contributed by atoms with van der Waals surface area (Å²) >= 11 is 0. The van der Waals surface area contributed by atoms with Gasteiger partial charge in [0.25, 0.3) is 0 Å². The SMILES string of the molecule is N=C[C@@H]1CCCN1C(=O)CN=N. The fourth-order valence-electron chi connectivity index (χ4n) is 1.43. The van der Waals surface area contributed by atoms with Crippen LogP contribution in [0.2, 0.25) is 0 Å². The molecule has 1 aliphatic heterocycles. The van der Waals surface area contributed by atoms with Crippen LogP contribution in [0.3, 0.4) is 0 Å². The maximum Gasteiger partial charge on any atom is 0.246 e. The summed E-state index contributed by atoms with van der Waals surface area (Å²) in [4.78, 5) is 12.8. The summed E-state index contributed by atoms with van der Waals surface area (Å²) in [7, 11) is 0. The number of likely N-dealkylation sites (tertiary alicyclic amines) is 1. The van der Waals surface area contributed by atoms with E-state index in [0.717, 1.165) is 12.8 Å². The van der Waals surface area contributed by atoms with Crippen molar-refractivity contribution in [2.24, 2.45) is 5.11 Å². The topological polar surface area (TPSA) is 80.4 Å². The van der Waals surface area contributed by atoms with Gasteiger partial charge in [0.2, 0.25) is 5.91 Å². The van der Waals surface area contributed by atoms with E-state index in [2.05, 4.69) is 5.11 Å². The van der Waals surface area contributed by atoms with Crippen molar-refractivity contribution < 1.29 is 4.79 Å². The normalized spacial score (nSPS) is 22.3. The first-order valence-corrected chi connectivity index (χ1v) is 3.93. The average Bonchev–Trinajstić information content (AvgIpc) is 2.51. The van der Waals surface area contributed by atoms with Crippen molar-refractivity contribution in [2.75, 3.05) is 13.1 Å². The zero-order valence-corrected chi connectivity index (χ0v) is 6.79. The minimum Gasteiger partial charge on any atom is -0.333 e. The Hall–Kier alpha value is -1.26. The number of carbonyl (C=O) groups excluding carboxylic acids is 1. The van der Waals surface area contributed by atoms with Crippen molar-refractivity contribution in [3.8, 4) is 0 Å². The third-order valence-corrected chi connectivity index (χ3v) is 2.03. The van der Waals surface area contributed by atoms with E-state index in [0.29, 0.717) is 6.54 Å². The second-order valence-corrected chi connectivity index (χ2v) is 2.78. The number of rotatable bonds is 3. The molecule has 1 saturated heterocycles. The van der Waals surface area contributed by atoms with Crippen LogP contribution in [-0.2, 0) is 4.79 Å². The number of amides is 1. The third-order valence-electron chi connectivity index (χ3n) is 2.03. The van der Waals surface area contributed by atoms with E-state index in [1.165, 1.54) is 6.21 Å². The van der Waals surface area contributed by atoms with Gasteiger partial charge in [0, 0.05) is 12.8 Å². The standard InChI is InChI=1S/C7H12N4O/c8-4-6-2-1-3-11(6)7(12)5-10-9/h4,6,8-9H,1-3,5H2/t6-/m0/s1. The highest BCUT2D eigenvalue weighted by Gasteiger charge is 2.26. The molecule has 1 fully saturated rings. The number of carbonyl (C=O) groups is 1. The van der Waals surface area contributed by atoms with Crippen LogP contribution in [0.1, 0.15) is 12.8 Å². The largest absolute Gasteiger partial charge is 0.333 e. The first-order chi connectivity index (χ1) is 5.79. The van der Waals surface area contributed by atoms with Crippen LogP contribution in [-0.4, -0.2) is 36.2 Å². The Bertz CT molecular complexity index is 204. The Morgan fingerprint density at radius 3 is 3.08 bits per heavy atom. The summed E-state index contributed by atoms with van der Waals surface area (Å²) in [5.74, 6) is -0.143. The maximum atomic E-state index is 11.2. The van der Waals surface area contributed by atoms with Gasteiger partial charge in [-0.25, -0.2) is 5.53 Å². The molecule has 66 valence electrons. The molecule has 0 unspecified atom stereocenters. The van der Waals surface area contributed by atoms with Crippen LogP contribution in [0, 0.1) is 10.9 Å². The van der Waals surface area contributed by atoms with Crippen molar-refractivity contribution in [3.63, 3.8) is 0 Å². The van der Waals surface area contributed by atoms with Gasteiger partial charge in [-0.05, 0) is 12.8 Å². The zero-order valence-electron chi connectivity index (χ0n) is 6.79. The van der Waals surface area contributed by atoms with Gasteiger partial charge in [-0.3, -0.25) is 4.79 Å². The van der Waals surface area contributed by atoms with Gasteiger partial charge in [-0.15, -0.1) is 0 Å². The van der Waals surface area contributed by atoms with E-state index in [4.69, 9.17) is 10.9 Å². The molecule has 1 atom stereocenters. The van der Waals surface area contributed by atoms with Crippen LogP contribution in [0.15, 0.2) is 5.11 Å². The monoisotopic (exact) mass is 168 g/mol. The fourth-order valence-corrected chi connectivity index (χ4v) is 1.43. The minimum absolute atomic E-state index is 0.0563. The predicted octanol–water partition coefficient (Wildman–Crippen LogP) is 0.658. The van der Waals surface area contributed by atoms with Crippen LogP contribution in [0.5, 0.6) is 0 Å². The molecule has 0 spiro atoms. The van der Waals surface area contributed by atoms with E-state index in [9.17, 15) is 4.79 Å². The highest BCUT2D eigenvalue weighted by Crippen LogP contribution is 2.15. The summed E-state index contributed by atoms with van der Waals surface area (Å²) in [6.45, 7) is 0.624. The molecule has 0 aromatic carbocycles. The van der Waals surface area contributed by atoms with Gasteiger partial charge in [-0.2, -0.15) is 5.11 Å². The molecule has 12 heavy (non-hydrogen) atoms. The first kappa shape index (κ1) is 8.83. The molecule has 0 bridgehead atoms. The van der Waals surface area contributed by atoms with Gasteiger partial charge in [0.15, 0.2) is 0 Å². The smallest absolute Gasteiger partial charge is 0.246 e. The number of nitrogens with zero attached hydrogens (tertiary/aromatic N) is 2. The predicted molar refractivity (Wildman–Crippen MR) is 43.5 cm³/mol. The summed E-state index contributed by atoms with van der Waals surface area (Å²) in [6, 6.07) is -0.0563. The van der Waals surface area contributed by atoms with Crippen LogP contribution >= 0.6 is 0 Å². The molecule has 0 radical (unpaired) electrons. The van der Waals surface area contributed by atoms with Crippen molar-refractivity contribution in [2.45, 2.75) is 18.9 Å². The van der Waals surface area contributed by atoms with Gasteiger partial charge in [0.1, 0.15) is 6.54 Å². The van der Waals surface area contributed by atoms with E-state index in [1.807, 2.05) is 0 Å². The van der Waals surface area contributed by atoms with Gasteiger partial charge >= 0.3 is 0 Å². The number of hydrogen-bond acceptors (Lipinski definition) is 4. The Balaban J connectivity index is 2.54. The lowest BCUT2D eigenvalue weighted by atomic mass is 10.2. The highest BCUT2D eigenvalue weighted by atomic mass is 16.2. The molecule has 5 heteroatoms. The first-order valence-electron chi connectivity index (χ1n) is 3.93. The Morgan fingerprint density at radius 1 is 1.75 bits per heavy atom. The van der Waals surface area contributed by atoms with Crippen molar-refractivity contribution in [1.29, 1.82) is 10.9 Å². The van der Waals surface area contributed by atoms with Crippen molar-refractivity contribution in [3.05, 3.63) is 0 Å². The van der Waals surface area contributed by atoms with Gasteiger partial charge < -0.3 is 10.3 Å². The number of hydrogen-bond donors (Lipinski definition) is 2. The number of nitrogens with one attached hydrogen (secondary N) is 2. The lowest BCUT2D eigenvalue weighted by Gasteiger charge is -2.19. The zero-order chi connectivity index (χ0) is 8.97. The molecule has 1 amide bonds. The molecule has 2 N–H and O–H groups in total. The van der Waals surface area contributed by atoms with Gasteiger partial charge in [-0.1, -0.05) is 0 Å². The summed E-state index contributed by atoms with van der Waals surface area (Å²) < 4.78 is 0.